The maximum atomic E-state index is 10.3. The molecule has 178 valence electrons. The molecule has 1 N–H and O–H groups in total. The number of rotatable bonds is 7. The lowest BCUT2D eigenvalue weighted by Gasteiger charge is -2.58. The van der Waals surface area contributed by atoms with Crippen LogP contribution in [-0.2, 0) is 0 Å². The van der Waals surface area contributed by atoms with E-state index >= 15 is 0 Å². The molecule has 0 aromatic heterocycles. The van der Waals surface area contributed by atoms with E-state index in [4.69, 9.17) is 0 Å². The van der Waals surface area contributed by atoms with E-state index in [1.807, 2.05) is 0 Å². The van der Waals surface area contributed by atoms with E-state index in [1.54, 1.807) is 5.57 Å². The van der Waals surface area contributed by atoms with Crippen LogP contribution in [0, 0.1) is 52.3 Å². The average Bonchev–Trinajstić information content (AvgIpc) is 3.08. The second-order valence-electron chi connectivity index (χ2n) is 13.2. The van der Waals surface area contributed by atoms with E-state index in [1.165, 1.54) is 64.2 Å². The fourth-order valence-electron chi connectivity index (χ4n) is 9.48. The maximum absolute atomic E-state index is 10.3. The molecule has 0 aromatic carbocycles. The van der Waals surface area contributed by atoms with Gasteiger partial charge in [0.25, 0.3) is 0 Å². The summed E-state index contributed by atoms with van der Waals surface area (Å²) in [5, 5.41) is 10.3. The molecule has 3 fully saturated rings. The summed E-state index contributed by atoms with van der Waals surface area (Å²) in [6.07, 6.45) is 18.5. The van der Waals surface area contributed by atoms with Crippen molar-refractivity contribution in [3.8, 4) is 0 Å². The molecule has 0 spiro atoms. The van der Waals surface area contributed by atoms with Gasteiger partial charge >= 0.3 is 0 Å². The summed E-state index contributed by atoms with van der Waals surface area (Å²) in [7, 11) is 0. The molecule has 1 nitrogen and oxygen atoms in total. The van der Waals surface area contributed by atoms with Gasteiger partial charge in [-0.3, -0.25) is 0 Å². The van der Waals surface area contributed by atoms with Crippen molar-refractivity contribution in [1.82, 2.24) is 0 Å². The zero-order chi connectivity index (χ0) is 22.4. The van der Waals surface area contributed by atoms with Gasteiger partial charge in [-0.2, -0.15) is 0 Å². The van der Waals surface area contributed by atoms with Crippen LogP contribution in [0.15, 0.2) is 11.6 Å². The van der Waals surface area contributed by atoms with Gasteiger partial charge < -0.3 is 5.11 Å². The van der Waals surface area contributed by atoms with E-state index in [2.05, 4.69) is 47.6 Å². The molecule has 3 saturated carbocycles. The summed E-state index contributed by atoms with van der Waals surface area (Å²) in [6.45, 7) is 15.1. The molecule has 4 aliphatic carbocycles. The first-order valence-corrected chi connectivity index (χ1v) is 14.1. The Morgan fingerprint density at radius 1 is 0.968 bits per heavy atom. The summed E-state index contributed by atoms with van der Waals surface area (Å²) in [5.41, 5.74) is 2.58. The summed E-state index contributed by atoms with van der Waals surface area (Å²) >= 11 is 0. The minimum atomic E-state index is -0.0798. The number of fused-ring (bicyclic) bond motifs is 5. The topological polar surface area (TPSA) is 20.2 Å². The highest BCUT2D eigenvalue weighted by atomic mass is 16.3. The highest BCUT2D eigenvalue weighted by Gasteiger charge is 2.59. The van der Waals surface area contributed by atoms with Crippen molar-refractivity contribution in [2.75, 3.05) is 0 Å². The van der Waals surface area contributed by atoms with Crippen LogP contribution in [0.2, 0.25) is 0 Å². The van der Waals surface area contributed by atoms with Crippen LogP contribution in [0.5, 0.6) is 0 Å². The van der Waals surface area contributed by atoms with Gasteiger partial charge in [0.05, 0.1) is 6.10 Å². The minimum absolute atomic E-state index is 0.0798. The largest absolute Gasteiger partial charge is 0.393 e. The number of hydrogen-bond donors (Lipinski definition) is 1. The van der Waals surface area contributed by atoms with Gasteiger partial charge in [0.15, 0.2) is 0 Å². The molecule has 0 heterocycles. The Morgan fingerprint density at radius 3 is 2.45 bits per heavy atom. The molecule has 1 heteroatoms. The molecule has 0 radical (unpaired) electrons. The Morgan fingerprint density at radius 2 is 1.74 bits per heavy atom. The van der Waals surface area contributed by atoms with Crippen molar-refractivity contribution in [2.24, 2.45) is 52.3 Å². The maximum Gasteiger partial charge on any atom is 0.0577 e. The highest BCUT2D eigenvalue weighted by Crippen LogP contribution is 2.67. The van der Waals surface area contributed by atoms with Gasteiger partial charge in [-0.15, -0.1) is 0 Å². The second-order valence-corrected chi connectivity index (χ2v) is 13.2. The third-order valence-electron chi connectivity index (χ3n) is 11.4. The third-order valence-corrected chi connectivity index (χ3v) is 11.4. The predicted molar refractivity (Wildman–Crippen MR) is 133 cm³/mol. The Balaban J connectivity index is 1.46. The normalized spacial score (nSPS) is 44.3. The number of aliphatic hydroxyl groups is 1. The van der Waals surface area contributed by atoms with E-state index in [0.717, 1.165) is 54.3 Å². The standard InChI is InChI=1S/C30H52O/c1-7-8-22(20(2)3)10-9-21(4)26-13-14-27-25-12-11-23-19-24(31)15-17-29(23,5)28(25)16-18-30(26,27)6/h11,20-22,24-28,31H,7-10,12-19H2,1-6H3/t21-,22+,24+,25+,26-,27+,28+,29+,30-/m1/s1. The molecule has 0 unspecified atom stereocenters. The number of aliphatic hydroxyl groups excluding tert-OH is 1. The lowest BCUT2D eigenvalue weighted by molar-refractivity contribution is -0.0575. The summed E-state index contributed by atoms with van der Waals surface area (Å²) in [5.74, 6) is 6.32. The lowest BCUT2D eigenvalue weighted by atomic mass is 9.47. The monoisotopic (exact) mass is 428 g/mol. The van der Waals surface area contributed by atoms with Crippen molar-refractivity contribution >= 4 is 0 Å². The molecule has 0 bridgehead atoms. The summed E-state index contributed by atoms with van der Waals surface area (Å²) in [4.78, 5) is 0. The lowest BCUT2D eigenvalue weighted by Crippen LogP contribution is -2.50. The third kappa shape index (κ3) is 4.20. The Labute approximate surface area is 193 Å². The van der Waals surface area contributed by atoms with Gasteiger partial charge in [0.2, 0.25) is 0 Å². The van der Waals surface area contributed by atoms with Crippen molar-refractivity contribution in [3.63, 3.8) is 0 Å². The molecule has 4 rings (SSSR count). The van der Waals surface area contributed by atoms with Gasteiger partial charge in [0.1, 0.15) is 0 Å². The molecule has 0 aromatic rings. The van der Waals surface area contributed by atoms with Crippen molar-refractivity contribution in [3.05, 3.63) is 11.6 Å². The first kappa shape index (κ1) is 23.8. The van der Waals surface area contributed by atoms with Gasteiger partial charge in [-0.1, -0.05) is 72.5 Å². The van der Waals surface area contributed by atoms with E-state index < -0.39 is 0 Å². The molecule has 0 amide bonds. The first-order chi connectivity index (χ1) is 14.7. The summed E-state index contributed by atoms with van der Waals surface area (Å²) < 4.78 is 0. The molecule has 9 atom stereocenters. The quantitative estimate of drug-likeness (QED) is 0.403. The zero-order valence-electron chi connectivity index (χ0n) is 21.6. The molecule has 31 heavy (non-hydrogen) atoms. The number of hydrogen-bond acceptors (Lipinski definition) is 1. The Bertz CT molecular complexity index is 649. The van der Waals surface area contributed by atoms with Crippen molar-refractivity contribution in [2.45, 2.75) is 125 Å². The predicted octanol–water partition coefficient (Wildman–Crippen LogP) is 8.41. The summed E-state index contributed by atoms with van der Waals surface area (Å²) in [6, 6.07) is 0. The van der Waals surface area contributed by atoms with E-state index in [0.29, 0.717) is 10.8 Å². The Kier molecular flexibility index (Phi) is 7.04. The highest BCUT2D eigenvalue weighted by molar-refractivity contribution is 5.25. The van der Waals surface area contributed by atoms with E-state index in [-0.39, 0.29) is 6.10 Å². The molecular weight excluding hydrogens is 376 g/mol. The van der Waals surface area contributed by atoms with Crippen LogP contribution in [0.4, 0.5) is 0 Å². The van der Waals surface area contributed by atoms with Gasteiger partial charge in [-0.25, -0.2) is 0 Å². The minimum Gasteiger partial charge on any atom is -0.393 e. The average molecular weight is 429 g/mol. The number of allylic oxidation sites excluding steroid dienone is 1. The molecule has 0 aliphatic heterocycles. The van der Waals surface area contributed by atoms with Gasteiger partial charge in [-0.05, 0) is 110 Å². The Hall–Kier alpha value is -0.300. The van der Waals surface area contributed by atoms with Crippen LogP contribution in [0.25, 0.3) is 0 Å². The second kappa shape index (κ2) is 9.15. The van der Waals surface area contributed by atoms with Crippen LogP contribution in [0.1, 0.15) is 119 Å². The van der Waals surface area contributed by atoms with Crippen molar-refractivity contribution in [1.29, 1.82) is 0 Å². The molecular formula is C30H52O. The first-order valence-electron chi connectivity index (χ1n) is 14.1. The van der Waals surface area contributed by atoms with Crippen LogP contribution < -0.4 is 0 Å². The fraction of sp³-hybridized carbons (Fsp3) is 0.933. The molecule has 0 saturated heterocycles. The van der Waals surface area contributed by atoms with Crippen LogP contribution in [-0.4, -0.2) is 11.2 Å². The van der Waals surface area contributed by atoms with Crippen molar-refractivity contribution < 1.29 is 5.11 Å². The van der Waals surface area contributed by atoms with Crippen LogP contribution >= 0.6 is 0 Å². The smallest absolute Gasteiger partial charge is 0.0577 e. The van der Waals surface area contributed by atoms with Crippen LogP contribution in [0.3, 0.4) is 0 Å². The fourth-order valence-corrected chi connectivity index (χ4v) is 9.48. The zero-order valence-corrected chi connectivity index (χ0v) is 21.6. The SMILES string of the molecule is CCC[C@@H](CC[C@@H](C)[C@H]1CC[C@H]2[C@@H]3CC=C4C[C@@H](O)CC[C@]4(C)[C@H]3CC[C@]12C)C(C)C. The van der Waals surface area contributed by atoms with Gasteiger partial charge in [0, 0.05) is 0 Å². The molecule has 4 aliphatic rings. The van der Waals surface area contributed by atoms with E-state index in [9.17, 15) is 5.11 Å².